The molecule has 3 aromatic carbocycles. The Morgan fingerprint density at radius 1 is 0.966 bits per heavy atom. The van der Waals surface area contributed by atoms with Crippen molar-refractivity contribution in [3.63, 3.8) is 0 Å². The van der Waals surface area contributed by atoms with Gasteiger partial charge in [0.2, 0.25) is 0 Å². The maximum Gasteiger partial charge on any atom is 0.255 e. The highest BCUT2D eigenvalue weighted by atomic mass is 32.2. The van der Waals surface area contributed by atoms with E-state index in [0.717, 1.165) is 39.8 Å². The molecule has 1 aliphatic rings. The monoisotopic (exact) mass is 406 g/mol. The summed E-state index contributed by atoms with van der Waals surface area (Å²) in [4.78, 5) is 4.55. The number of sulfonamides is 1. The molecule has 146 valence electrons. The van der Waals surface area contributed by atoms with Crippen LogP contribution in [0, 0.1) is 5.82 Å². The van der Waals surface area contributed by atoms with E-state index < -0.39 is 10.0 Å². The second-order valence-corrected chi connectivity index (χ2v) is 8.29. The van der Waals surface area contributed by atoms with Gasteiger partial charge in [0, 0.05) is 23.4 Å². The van der Waals surface area contributed by atoms with Crippen molar-refractivity contribution in [1.29, 1.82) is 0 Å². The topological polar surface area (TPSA) is 58.5 Å². The second kappa shape index (κ2) is 8.01. The fourth-order valence-corrected chi connectivity index (χ4v) is 4.10. The number of fused-ring (bicyclic) bond motifs is 1. The summed E-state index contributed by atoms with van der Waals surface area (Å²) >= 11 is 0. The predicted octanol–water partition coefficient (Wildman–Crippen LogP) is 4.63. The van der Waals surface area contributed by atoms with E-state index in [1.54, 1.807) is 36.4 Å². The van der Waals surface area contributed by atoms with Crippen LogP contribution in [-0.4, -0.2) is 20.7 Å². The van der Waals surface area contributed by atoms with Crippen molar-refractivity contribution in [1.82, 2.24) is 0 Å². The average molecular weight is 406 g/mol. The van der Waals surface area contributed by atoms with Crippen LogP contribution < -0.4 is 4.72 Å². The number of rotatable bonds is 5. The molecule has 29 heavy (non-hydrogen) atoms. The molecule has 4 rings (SSSR count). The summed E-state index contributed by atoms with van der Waals surface area (Å²) in [5, 5.41) is 1.14. The van der Waals surface area contributed by atoms with Crippen LogP contribution in [0.25, 0.3) is 6.08 Å². The highest BCUT2D eigenvalue weighted by Crippen LogP contribution is 2.23. The number of benzene rings is 3. The van der Waals surface area contributed by atoms with Gasteiger partial charge < -0.3 is 0 Å². The minimum absolute atomic E-state index is 0.298. The first kappa shape index (κ1) is 19.1. The molecule has 0 fully saturated rings. The van der Waals surface area contributed by atoms with Crippen LogP contribution in [-0.2, 0) is 16.4 Å². The molecule has 0 aromatic heterocycles. The van der Waals surface area contributed by atoms with Gasteiger partial charge in [-0.25, -0.2) is 12.8 Å². The number of nitrogens with zero attached hydrogens (tertiary/aromatic N) is 1. The van der Waals surface area contributed by atoms with Gasteiger partial charge in [0.25, 0.3) is 10.0 Å². The first-order valence-electron chi connectivity index (χ1n) is 9.20. The van der Waals surface area contributed by atoms with Crippen molar-refractivity contribution in [2.45, 2.75) is 6.42 Å². The molecule has 0 spiro atoms. The SMILES string of the molecule is O=S(=O)(/C=C/c1ccccc1)Nc1ccc(C2=NCCc3ccc(F)cc32)cc1. The number of halogens is 1. The van der Waals surface area contributed by atoms with Crippen LogP contribution in [0.2, 0.25) is 0 Å². The molecule has 0 atom stereocenters. The average Bonchev–Trinajstić information content (AvgIpc) is 2.73. The van der Waals surface area contributed by atoms with Gasteiger partial charge >= 0.3 is 0 Å². The first-order chi connectivity index (χ1) is 14.0. The van der Waals surface area contributed by atoms with E-state index in [9.17, 15) is 12.8 Å². The minimum atomic E-state index is -3.64. The van der Waals surface area contributed by atoms with Gasteiger partial charge in [0.1, 0.15) is 5.82 Å². The van der Waals surface area contributed by atoms with E-state index in [1.807, 2.05) is 30.3 Å². The largest absolute Gasteiger partial charge is 0.284 e. The fraction of sp³-hybridized carbons (Fsp3) is 0.0870. The van der Waals surface area contributed by atoms with Crippen LogP contribution >= 0.6 is 0 Å². The smallest absolute Gasteiger partial charge is 0.255 e. The van der Waals surface area contributed by atoms with E-state index in [4.69, 9.17) is 0 Å². The minimum Gasteiger partial charge on any atom is -0.284 e. The van der Waals surface area contributed by atoms with Gasteiger partial charge in [0.05, 0.1) is 11.1 Å². The van der Waals surface area contributed by atoms with Gasteiger partial charge in [0.15, 0.2) is 0 Å². The summed E-state index contributed by atoms with van der Waals surface area (Å²) in [6.07, 6.45) is 2.32. The summed E-state index contributed by atoms with van der Waals surface area (Å²) in [5.74, 6) is -0.298. The van der Waals surface area contributed by atoms with Gasteiger partial charge in [-0.05, 0) is 47.9 Å². The number of hydrogen-bond acceptors (Lipinski definition) is 3. The van der Waals surface area contributed by atoms with Crippen molar-refractivity contribution < 1.29 is 12.8 Å². The third-order valence-electron chi connectivity index (χ3n) is 4.64. The fourth-order valence-electron chi connectivity index (χ4n) is 3.23. The lowest BCUT2D eigenvalue weighted by Crippen LogP contribution is -2.15. The number of nitrogens with one attached hydrogen (secondary N) is 1. The molecule has 4 nitrogen and oxygen atoms in total. The van der Waals surface area contributed by atoms with Crippen LogP contribution in [0.5, 0.6) is 0 Å². The molecule has 0 saturated heterocycles. The highest BCUT2D eigenvalue weighted by Gasteiger charge is 2.17. The van der Waals surface area contributed by atoms with Crippen LogP contribution in [0.15, 0.2) is 83.2 Å². The van der Waals surface area contributed by atoms with E-state index in [0.29, 0.717) is 12.2 Å². The number of hydrogen-bond donors (Lipinski definition) is 1. The second-order valence-electron chi connectivity index (χ2n) is 6.72. The summed E-state index contributed by atoms with van der Waals surface area (Å²) in [7, 11) is -3.64. The molecular weight excluding hydrogens is 387 g/mol. The maximum atomic E-state index is 13.7. The Morgan fingerprint density at radius 2 is 1.72 bits per heavy atom. The molecule has 0 bridgehead atoms. The lowest BCUT2D eigenvalue weighted by Gasteiger charge is -2.17. The van der Waals surface area contributed by atoms with Crippen LogP contribution in [0.1, 0.15) is 22.3 Å². The summed E-state index contributed by atoms with van der Waals surface area (Å²) in [6.45, 7) is 0.645. The Morgan fingerprint density at radius 3 is 2.48 bits per heavy atom. The van der Waals surface area contributed by atoms with Crippen LogP contribution in [0.3, 0.4) is 0 Å². The van der Waals surface area contributed by atoms with Gasteiger partial charge in [-0.15, -0.1) is 0 Å². The molecule has 0 unspecified atom stereocenters. The molecule has 0 amide bonds. The van der Waals surface area contributed by atoms with Crippen molar-refractivity contribution in [2.24, 2.45) is 4.99 Å². The Kier molecular flexibility index (Phi) is 5.27. The first-order valence-corrected chi connectivity index (χ1v) is 10.7. The van der Waals surface area contributed by atoms with Crippen molar-refractivity contribution >= 4 is 27.5 Å². The molecule has 1 heterocycles. The summed E-state index contributed by atoms with van der Waals surface area (Å²) in [6, 6.07) is 20.9. The van der Waals surface area contributed by atoms with E-state index in [1.165, 1.54) is 12.1 Å². The third kappa shape index (κ3) is 4.60. The van der Waals surface area contributed by atoms with Gasteiger partial charge in [-0.3, -0.25) is 9.71 Å². The highest BCUT2D eigenvalue weighted by molar-refractivity contribution is 7.95. The third-order valence-corrected chi connectivity index (χ3v) is 5.65. The van der Waals surface area contributed by atoms with E-state index in [2.05, 4.69) is 9.71 Å². The molecule has 1 aliphatic heterocycles. The standard InChI is InChI=1S/C23H19FN2O2S/c24-20-9-6-18-12-14-25-23(22(18)16-20)19-7-10-21(11-8-19)26-29(27,28)15-13-17-4-2-1-3-5-17/h1-11,13,15-16,26H,12,14H2/b15-13+. The van der Waals surface area contributed by atoms with Gasteiger partial charge in [-0.2, -0.15) is 0 Å². The Bertz CT molecular complexity index is 1190. The zero-order chi connectivity index (χ0) is 20.3. The van der Waals surface area contributed by atoms with E-state index in [-0.39, 0.29) is 5.82 Å². The van der Waals surface area contributed by atoms with E-state index >= 15 is 0 Å². The van der Waals surface area contributed by atoms with Crippen molar-refractivity contribution in [3.05, 3.63) is 106 Å². The Balaban J connectivity index is 1.52. The molecule has 3 aromatic rings. The molecule has 1 N–H and O–H groups in total. The lowest BCUT2D eigenvalue weighted by atomic mass is 9.93. The van der Waals surface area contributed by atoms with Gasteiger partial charge in [-0.1, -0.05) is 48.5 Å². The molecular formula is C23H19FN2O2S. The Hall–Kier alpha value is -3.25. The van der Waals surface area contributed by atoms with Crippen molar-refractivity contribution in [2.75, 3.05) is 11.3 Å². The molecule has 0 radical (unpaired) electrons. The zero-order valence-corrected chi connectivity index (χ0v) is 16.4. The zero-order valence-electron chi connectivity index (χ0n) is 15.5. The van der Waals surface area contributed by atoms with Crippen molar-refractivity contribution in [3.8, 4) is 0 Å². The summed E-state index contributed by atoms with van der Waals surface area (Å²) < 4.78 is 40.8. The summed E-state index contributed by atoms with van der Waals surface area (Å²) in [5.41, 5.74) is 4.64. The molecule has 6 heteroatoms. The number of anilines is 1. The normalized spacial score (nSPS) is 13.8. The molecule has 0 saturated carbocycles. The predicted molar refractivity (Wildman–Crippen MR) is 115 cm³/mol. The number of aliphatic imine (C=N–C) groups is 1. The quantitative estimate of drug-likeness (QED) is 0.672. The lowest BCUT2D eigenvalue weighted by molar-refractivity contribution is 0.609. The van der Waals surface area contributed by atoms with Crippen LogP contribution in [0.4, 0.5) is 10.1 Å². The molecule has 0 aliphatic carbocycles. The Labute approximate surface area is 169 Å². The maximum absolute atomic E-state index is 13.7.